The van der Waals surface area contributed by atoms with Gasteiger partial charge in [0.15, 0.2) is 0 Å². The molecule has 126 valence electrons. The van der Waals surface area contributed by atoms with Crippen LogP contribution in [0.25, 0.3) is 0 Å². The minimum absolute atomic E-state index is 0.0531. The molecule has 0 aromatic heterocycles. The molecule has 1 atom stereocenters. The average Bonchev–Trinajstić information content (AvgIpc) is 3.19. The minimum atomic E-state index is -0.804. The third-order valence-electron chi connectivity index (χ3n) is 4.11. The molecule has 1 aliphatic heterocycles. The summed E-state index contributed by atoms with van der Waals surface area (Å²) in [6.45, 7) is 7.03. The molecule has 0 spiro atoms. The minimum Gasteiger partial charge on any atom is -0.480 e. The smallest absolute Gasteiger partial charge is 0.410 e. The number of carboxylic acid groups (broad SMARTS) is 1. The predicted octanol–water partition coefficient (Wildman–Crippen LogP) is 2.33. The second kappa shape index (κ2) is 6.86. The third kappa shape index (κ3) is 5.16. The lowest BCUT2D eigenvalue weighted by Crippen LogP contribution is -2.51. The van der Waals surface area contributed by atoms with Crippen molar-refractivity contribution >= 4 is 12.1 Å². The number of carboxylic acids is 1. The standard InChI is InChI=1S/C16H28N2O4/c1-16(2,3)22-15(21)18(12-7-8-12)10-13-6-4-5-9-17(13)11-14(19)20/h12-13H,4-11H2,1-3H3,(H,19,20)/t13-/m1/s1. The first-order valence-electron chi connectivity index (χ1n) is 8.22. The van der Waals surface area contributed by atoms with Gasteiger partial charge in [-0.25, -0.2) is 4.79 Å². The maximum Gasteiger partial charge on any atom is 0.410 e. The summed E-state index contributed by atoms with van der Waals surface area (Å²) in [5, 5.41) is 9.05. The molecule has 1 aliphatic carbocycles. The van der Waals surface area contributed by atoms with Gasteiger partial charge in [-0.15, -0.1) is 0 Å². The van der Waals surface area contributed by atoms with E-state index < -0.39 is 11.6 Å². The zero-order valence-electron chi connectivity index (χ0n) is 13.9. The molecular formula is C16H28N2O4. The lowest BCUT2D eigenvalue weighted by molar-refractivity contribution is -0.139. The van der Waals surface area contributed by atoms with E-state index in [9.17, 15) is 9.59 Å². The Hall–Kier alpha value is -1.30. The lowest BCUT2D eigenvalue weighted by atomic mass is 10.0. The maximum atomic E-state index is 12.4. The quantitative estimate of drug-likeness (QED) is 0.843. The van der Waals surface area contributed by atoms with E-state index in [0.29, 0.717) is 6.54 Å². The van der Waals surface area contributed by atoms with Gasteiger partial charge in [0.2, 0.25) is 0 Å². The van der Waals surface area contributed by atoms with Gasteiger partial charge >= 0.3 is 12.1 Å². The second-order valence-electron chi connectivity index (χ2n) is 7.38. The van der Waals surface area contributed by atoms with Crippen LogP contribution in [0.2, 0.25) is 0 Å². The van der Waals surface area contributed by atoms with Crippen LogP contribution in [-0.4, -0.2) is 64.3 Å². The van der Waals surface area contributed by atoms with E-state index in [1.807, 2.05) is 30.6 Å². The molecule has 1 heterocycles. The Labute approximate surface area is 132 Å². The number of amides is 1. The summed E-state index contributed by atoms with van der Waals surface area (Å²) >= 11 is 0. The van der Waals surface area contributed by atoms with Crippen molar-refractivity contribution in [3.05, 3.63) is 0 Å². The molecule has 1 amide bonds. The van der Waals surface area contributed by atoms with Gasteiger partial charge in [-0.2, -0.15) is 0 Å². The Bertz CT molecular complexity index is 415. The van der Waals surface area contributed by atoms with Crippen molar-refractivity contribution in [2.75, 3.05) is 19.6 Å². The number of hydrogen-bond donors (Lipinski definition) is 1. The van der Waals surface area contributed by atoms with Crippen LogP contribution >= 0.6 is 0 Å². The number of rotatable bonds is 5. The highest BCUT2D eigenvalue weighted by Gasteiger charge is 2.38. The van der Waals surface area contributed by atoms with Crippen LogP contribution in [0.4, 0.5) is 4.79 Å². The van der Waals surface area contributed by atoms with Crippen molar-refractivity contribution in [3.8, 4) is 0 Å². The molecule has 1 saturated carbocycles. The molecule has 0 unspecified atom stereocenters. The summed E-state index contributed by atoms with van der Waals surface area (Å²) in [6, 6.07) is 0.390. The summed E-state index contributed by atoms with van der Waals surface area (Å²) in [5.41, 5.74) is -0.502. The van der Waals surface area contributed by atoms with Crippen LogP contribution in [0.1, 0.15) is 52.9 Å². The second-order valence-corrected chi connectivity index (χ2v) is 7.38. The number of nitrogens with zero attached hydrogens (tertiary/aromatic N) is 2. The summed E-state index contributed by atoms with van der Waals surface area (Å²) in [5.74, 6) is -0.804. The fraction of sp³-hybridized carbons (Fsp3) is 0.875. The molecule has 0 bridgehead atoms. The molecule has 2 rings (SSSR count). The summed E-state index contributed by atoms with van der Waals surface area (Å²) in [6.07, 6.45) is 4.83. The fourth-order valence-corrected chi connectivity index (χ4v) is 2.96. The van der Waals surface area contributed by atoms with Gasteiger partial charge in [0.25, 0.3) is 0 Å². The first-order chi connectivity index (χ1) is 10.3. The summed E-state index contributed by atoms with van der Waals surface area (Å²) < 4.78 is 5.51. The van der Waals surface area contributed by atoms with Crippen LogP contribution in [0.15, 0.2) is 0 Å². The molecular weight excluding hydrogens is 284 g/mol. The number of likely N-dealkylation sites (tertiary alicyclic amines) is 1. The molecule has 22 heavy (non-hydrogen) atoms. The summed E-state index contributed by atoms with van der Waals surface area (Å²) in [4.78, 5) is 27.2. The Morgan fingerprint density at radius 3 is 2.45 bits per heavy atom. The van der Waals surface area contributed by atoms with Crippen molar-refractivity contribution in [2.45, 2.75) is 70.6 Å². The number of carbonyl (C=O) groups is 2. The predicted molar refractivity (Wildman–Crippen MR) is 82.8 cm³/mol. The van der Waals surface area contributed by atoms with Crippen LogP contribution in [0, 0.1) is 0 Å². The molecule has 0 aromatic rings. The number of aliphatic carboxylic acids is 1. The molecule has 6 nitrogen and oxygen atoms in total. The van der Waals surface area contributed by atoms with Crippen LogP contribution in [-0.2, 0) is 9.53 Å². The van der Waals surface area contributed by atoms with Gasteiger partial charge in [-0.1, -0.05) is 6.42 Å². The largest absolute Gasteiger partial charge is 0.480 e. The van der Waals surface area contributed by atoms with Gasteiger partial charge in [-0.05, 0) is 53.0 Å². The van der Waals surface area contributed by atoms with Gasteiger partial charge in [0.1, 0.15) is 5.60 Å². The van der Waals surface area contributed by atoms with E-state index in [4.69, 9.17) is 9.84 Å². The van der Waals surface area contributed by atoms with Gasteiger partial charge in [-0.3, -0.25) is 9.69 Å². The third-order valence-corrected chi connectivity index (χ3v) is 4.11. The van der Waals surface area contributed by atoms with Crippen LogP contribution in [0.3, 0.4) is 0 Å². The Morgan fingerprint density at radius 1 is 1.23 bits per heavy atom. The fourth-order valence-electron chi connectivity index (χ4n) is 2.96. The highest BCUT2D eigenvalue weighted by Crippen LogP contribution is 2.30. The highest BCUT2D eigenvalue weighted by molar-refractivity contribution is 5.70. The molecule has 0 aromatic carbocycles. The van der Waals surface area contributed by atoms with E-state index >= 15 is 0 Å². The van der Waals surface area contributed by atoms with E-state index in [1.165, 1.54) is 0 Å². The topological polar surface area (TPSA) is 70.1 Å². The van der Waals surface area contributed by atoms with Crippen molar-refractivity contribution in [3.63, 3.8) is 0 Å². The van der Waals surface area contributed by atoms with Gasteiger partial charge in [0, 0.05) is 18.6 Å². The molecule has 1 saturated heterocycles. The van der Waals surface area contributed by atoms with E-state index in [0.717, 1.165) is 38.6 Å². The zero-order chi connectivity index (χ0) is 16.3. The first-order valence-corrected chi connectivity index (χ1v) is 8.22. The maximum absolute atomic E-state index is 12.4. The van der Waals surface area contributed by atoms with Crippen molar-refractivity contribution in [1.82, 2.24) is 9.80 Å². The van der Waals surface area contributed by atoms with Gasteiger partial charge in [0.05, 0.1) is 6.54 Å². The lowest BCUT2D eigenvalue weighted by Gasteiger charge is -2.38. The number of hydrogen-bond acceptors (Lipinski definition) is 4. The van der Waals surface area contributed by atoms with Gasteiger partial charge < -0.3 is 14.7 Å². The van der Waals surface area contributed by atoms with Crippen LogP contribution < -0.4 is 0 Å². The molecule has 2 aliphatic rings. The first kappa shape index (κ1) is 17.1. The summed E-state index contributed by atoms with van der Waals surface area (Å²) in [7, 11) is 0. The molecule has 6 heteroatoms. The van der Waals surface area contributed by atoms with Crippen molar-refractivity contribution in [2.24, 2.45) is 0 Å². The van der Waals surface area contributed by atoms with E-state index in [-0.39, 0.29) is 24.7 Å². The zero-order valence-corrected chi connectivity index (χ0v) is 13.9. The van der Waals surface area contributed by atoms with Crippen LogP contribution in [0.5, 0.6) is 0 Å². The Kier molecular flexibility index (Phi) is 5.32. The SMILES string of the molecule is CC(C)(C)OC(=O)N(C[C@H]1CCCCN1CC(=O)O)C1CC1. The normalized spacial score (nSPS) is 23.1. The Morgan fingerprint density at radius 2 is 1.91 bits per heavy atom. The highest BCUT2D eigenvalue weighted by atomic mass is 16.6. The van der Waals surface area contributed by atoms with Crippen molar-refractivity contribution < 1.29 is 19.4 Å². The van der Waals surface area contributed by atoms with Crippen molar-refractivity contribution in [1.29, 1.82) is 0 Å². The number of piperidine rings is 1. The molecule has 1 N–H and O–H groups in total. The van der Waals surface area contributed by atoms with E-state index in [1.54, 1.807) is 0 Å². The Balaban J connectivity index is 1.99. The average molecular weight is 312 g/mol. The monoisotopic (exact) mass is 312 g/mol. The molecule has 0 radical (unpaired) electrons. The van der Waals surface area contributed by atoms with E-state index in [2.05, 4.69) is 0 Å². The molecule has 2 fully saturated rings. The number of ether oxygens (including phenoxy) is 1. The number of carbonyl (C=O) groups excluding carboxylic acids is 1.